The van der Waals surface area contributed by atoms with Gasteiger partial charge in [0.1, 0.15) is 5.75 Å². The van der Waals surface area contributed by atoms with E-state index in [9.17, 15) is 9.59 Å². The molecule has 25 heavy (non-hydrogen) atoms. The lowest BCUT2D eigenvalue weighted by Crippen LogP contribution is -2.37. The van der Waals surface area contributed by atoms with Gasteiger partial charge in [-0.3, -0.25) is 9.59 Å². The number of carbonyl (C=O) groups is 2. The fourth-order valence-electron chi connectivity index (χ4n) is 2.78. The van der Waals surface area contributed by atoms with Crippen molar-refractivity contribution in [2.75, 3.05) is 5.32 Å². The van der Waals surface area contributed by atoms with E-state index in [-0.39, 0.29) is 17.9 Å². The summed E-state index contributed by atoms with van der Waals surface area (Å²) >= 11 is 0. The van der Waals surface area contributed by atoms with Crippen LogP contribution < -0.4 is 10.1 Å². The second-order valence-corrected chi connectivity index (χ2v) is 6.47. The lowest BCUT2D eigenvalue weighted by Gasteiger charge is -2.28. The maximum absolute atomic E-state index is 13.0. The van der Waals surface area contributed by atoms with Gasteiger partial charge in [0.2, 0.25) is 0 Å². The number of nitrogens with one attached hydrogen (secondary N) is 1. The molecule has 2 aromatic rings. The summed E-state index contributed by atoms with van der Waals surface area (Å²) in [5, 5.41) is 2.79. The molecule has 1 aliphatic heterocycles. The Hall–Kier alpha value is -2.82. The van der Waals surface area contributed by atoms with Gasteiger partial charge in [-0.25, -0.2) is 0 Å². The molecule has 5 nitrogen and oxygen atoms in total. The third-order valence-corrected chi connectivity index (χ3v) is 4.24. The van der Waals surface area contributed by atoms with Crippen LogP contribution in [0.25, 0.3) is 0 Å². The van der Waals surface area contributed by atoms with Gasteiger partial charge in [0.15, 0.2) is 6.10 Å². The van der Waals surface area contributed by atoms with Gasteiger partial charge in [0.05, 0.1) is 5.69 Å². The average molecular weight is 338 g/mol. The monoisotopic (exact) mass is 338 g/mol. The normalized spacial score (nSPS) is 16.0. The molecule has 1 N–H and O–H groups in total. The number of anilines is 1. The van der Waals surface area contributed by atoms with Crippen molar-refractivity contribution in [1.82, 2.24) is 4.90 Å². The molecule has 2 amide bonds. The Balaban J connectivity index is 1.85. The molecule has 0 saturated carbocycles. The molecule has 0 spiro atoms. The zero-order chi connectivity index (χ0) is 18.0. The molecule has 0 fully saturated rings. The molecule has 0 radical (unpaired) electrons. The molecule has 1 heterocycles. The second-order valence-electron chi connectivity index (χ2n) is 6.47. The summed E-state index contributed by atoms with van der Waals surface area (Å²) < 4.78 is 5.55. The van der Waals surface area contributed by atoms with E-state index < -0.39 is 6.10 Å². The van der Waals surface area contributed by atoms with Crippen LogP contribution in [0.3, 0.4) is 0 Å². The summed E-state index contributed by atoms with van der Waals surface area (Å²) in [6.07, 6.45) is -0.528. The van der Waals surface area contributed by atoms with Crippen LogP contribution in [-0.4, -0.2) is 28.9 Å². The molecule has 0 aromatic heterocycles. The summed E-state index contributed by atoms with van der Waals surface area (Å²) in [6, 6.07) is 15.1. The number of hydrogen-bond donors (Lipinski definition) is 1. The van der Waals surface area contributed by atoms with Gasteiger partial charge in [-0.05, 0) is 44.5 Å². The highest BCUT2D eigenvalue weighted by molar-refractivity contribution is 6.01. The van der Waals surface area contributed by atoms with Crippen LogP contribution in [0.5, 0.6) is 5.75 Å². The Kier molecular flexibility index (Phi) is 4.74. The maximum Gasteiger partial charge on any atom is 0.265 e. The topological polar surface area (TPSA) is 58.6 Å². The number of fused-ring (bicyclic) bond motifs is 1. The molecule has 0 aliphatic carbocycles. The number of benzene rings is 2. The lowest BCUT2D eigenvalue weighted by atomic mass is 10.1. The SMILES string of the molecule is CC1Oc2ccc(C(=O)N(Cc3ccccc3)C(C)C)cc2NC1=O. The Morgan fingerprint density at radius 2 is 1.92 bits per heavy atom. The Bertz CT molecular complexity index is 787. The summed E-state index contributed by atoms with van der Waals surface area (Å²) in [4.78, 5) is 26.6. The smallest absolute Gasteiger partial charge is 0.265 e. The molecule has 1 atom stereocenters. The number of ether oxygens (including phenoxy) is 1. The van der Waals surface area contributed by atoms with Crippen LogP contribution in [0.2, 0.25) is 0 Å². The van der Waals surface area contributed by atoms with E-state index in [1.165, 1.54) is 0 Å². The lowest BCUT2D eigenvalue weighted by molar-refractivity contribution is -0.122. The minimum atomic E-state index is -0.528. The number of nitrogens with zero attached hydrogens (tertiary/aromatic N) is 1. The fraction of sp³-hybridized carbons (Fsp3) is 0.300. The largest absolute Gasteiger partial charge is 0.479 e. The number of hydrogen-bond acceptors (Lipinski definition) is 3. The quantitative estimate of drug-likeness (QED) is 0.929. The van der Waals surface area contributed by atoms with Crippen molar-refractivity contribution < 1.29 is 14.3 Å². The van der Waals surface area contributed by atoms with E-state index in [0.29, 0.717) is 23.5 Å². The first-order valence-electron chi connectivity index (χ1n) is 8.42. The van der Waals surface area contributed by atoms with Gasteiger partial charge in [-0.2, -0.15) is 0 Å². The molecule has 1 aliphatic rings. The molecule has 130 valence electrons. The van der Waals surface area contributed by atoms with Crippen LogP contribution in [0.1, 0.15) is 36.7 Å². The van der Waals surface area contributed by atoms with E-state index in [1.54, 1.807) is 25.1 Å². The van der Waals surface area contributed by atoms with Crippen molar-refractivity contribution in [3.63, 3.8) is 0 Å². The molecule has 5 heteroatoms. The molecule has 0 saturated heterocycles. The summed E-state index contributed by atoms with van der Waals surface area (Å²) in [5.41, 5.74) is 2.15. The highest BCUT2D eigenvalue weighted by Gasteiger charge is 2.26. The minimum Gasteiger partial charge on any atom is -0.479 e. The Morgan fingerprint density at radius 3 is 2.60 bits per heavy atom. The predicted octanol–water partition coefficient (Wildman–Crippen LogP) is 3.46. The fourth-order valence-corrected chi connectivity index (χ4v) is 2.78. The maximum atomic E-state index is 13.0. The van der Waals surface area contributed by atoms with Gasteiger partial charge in [0.25, 0.3) is 11.8 Å². The minimum absolute atomic E-state index is 0.0506. The van der Waals surface area contributed by atoms with Gasteiger partial charge in [-0.1, -0.05) is 30.3 Å². The van der Waals surface area contributed by atoms with Crippen molar-refractivity contribution in [3.8, 4) is 5.75 Å². The third-order valence-electron chi connectivity index (χ3n) is 4.24. The standard InChI is InChI=1S/C20H22N2O3/c1-13(2)22(12-15-7-5-4-6-8-15)20(24)16-9-10-18-17(11-16)21-19(23)14(3)25-18/h4-11,13-14H,12H2,1-3H3,(H,21,23). The highest BCUT2D eigenvalue weighted by atomic mass is 16.5. The number of rotatable bonds is 4. The van der Waals surface area contributed by atoms with E-state index in [1.807, 2.05) is 49.1 Å². The van der Waals surface area contributed by atoms with Crippen LogP contribution in [0.15, 0.2) is 48.5 Å². The first kappa shape index (κ1) is 17.0. The number of carbonyl (C=O) groups excluding carboxylic acids is 2. The predicted molar refractivity (Wildman–Crippen MR) is 96.6 cm³/mol. The zero-order valence-corrected chi connectivity index (χ0v) is 14.7. The molecular weight excluding hydrogens is 316 g/mol. The first-order valence-corrected chi connectivity index (χ1v) is 8.42. The van der Waals surface area contributed by atoms with Crippen LogP contribution >= 0.6 is 0 Å². The van der Waals surface area contributed by atoms with Crippen LogP contribution in [0, 0.1) is 0 Å². The van der Waals surface area contributed by atoms with Gasteiger partial charge < -0.3 is 15.0 Å². The zero-order valence-electron chi connectivity index (χ0n) is 14.7. The van der Waals surface area contributed by atoms with E-state index in [0.717, 1.165) is 5.56 Å². The average Bonchev–Trinajstić information content (AvgIpc) is 2.60. The first-order chi connectivity index (χ1) is 12.0. The van der Waals surface area contributed by atoms with E-state index in [2.05, 4.69) is 5.32 Å². The van der Waals surface area contributed by atoms with Gasteiger partial charge >= 0.3 is 0 Å². The summed E-state index contributed by atoms with van der Waals surface area (Å²) in [7, 11) is 0. The van der Waals surface area contributed by atoms with Crippen molar-refractivity contribution >= 4 is 17.5 Å². The third kappa shape index (κ3) is 3.65. The van der Waals surface area contributed by atoms with E-state index in [4.69, 9.17) is 4.74 Å². The summed E-state index contributed by atoms with van der Waals surface area (Å²) in [5.74, 6) is 0.305. The van der Waals surface area contributed by atoms with Gasteiger partial charge in [-0.15, -0.1) is 0 Å². The highest BCUT2D eigenvalue weighted by Crippen LogP contribution is 2.31. The number of amides is 2. The Morgan fingerprint density at radius 1 is 1.20 bits per heavy atom. The van der Waals surface area contributed by atoms with Gasteiger partial charge in [0, 0.05) is 18.2 Å². The molecule has 1 unspecified atom stereocenters. The van der Waals surface area contributed by atoms with Crippen LogP contribution in [-0.2, 0) is 11.3 Å². The van der Waals surface area contributed by atoms with Crippen molar-refractivity contribution in [2.24, 2.45) is 0 Å². The second kappa shape index (κ2) is 6.97. The molecule has 2 aromatic carbocycles. The van der Waals surface area contributed by atoms with Crippen molar-refractivity contribution in [3.05, 3.63) is 59.7 Å². The van der Waals surface area contributed by atoms with Crippen molar-refractivity contribution in [1.29, 1.82) is 0 Å². The Labute approximate surface area is 147 Å². The molecular formula is C20H22N2O3. The molecule has 0 bridgehead atoms. The van der Waals surface area contributed by atoms with Crippen LogP contribution in [0.4, 0.5) is 5.69 Å². The van der Waals surface area contributed by atoms with Crippen molar-refractivity contribution in [2.45, 2.75) is 39.5 Å². The molecule has 3 rings (SSSR count). The summed E-state index contributed by atoms with van der Waals surface area (Å²) in [6.45, 7) is 6.21. The van der Waals surface area contributed by atoms with E-state index >= 15 is 0 Å².